The third-order valence-electron chi connectivity index (χ3n) is 4.17. The summed E-state index contributed by atoms with van der Waals surface area (Å²) in [6, 6.07) is 11.6. The number of aryl methyl sites for hydroxylation is 2. The maximum Gasteiger partial charge on any atom is 0.270 e. The van der Waals surface area contributed by atoms with Crippen LogP contribution in [0.4, 0.5) is 5.69 Å². The van der Waals surface area contributed by atoms with Gasteiger partial charge >= 0.3 is 0 Å². The van der Waals surface area contributed by atoms with E-state index in [1.54, 1.807) is 12.0 Å². The molecule has 140 valence electrons. The van der Waals surface area contributed by atoms with Crippen molar-refractivity contribution in [3.05, 3.63) is 58.0 Å². The second-order valence-corrected chi connectivity index (χ2v) is 7.83. The average Bonchev–Trinajstić information content (AvgIpc) is 2.90. The van der Waals surface area contributed by atoms with Gasteiger partial charge in [0.05, 0.1) is 24.3 Å². The number of anilines is 1. The summed E-state index contributed by atoms with van der Waals surface area (Å²) in [4.78, 5) is 15.2. The molecule has 4 nitrogen and oxygen atoms in total. The number of amides is 1. The standard InChI is InChI=1S/C21H21NO3S2/c1-5-25-17-9-7-15(11-18(17)24-4)12-19-20(23)22(21(26)27-19)16-8-6-13(2)10-14(16)3/h6-12H,5H2,1-4H3. The van der Waals surface area contributed by atoms with Gasteiger partial charge in [0.2, 0.25) is 0 Å². The molecule has 0 unspecified atom stereocenters. The van der Waals surface area contributed by atoms with Crippen molar-refractivity contribution >= 4 is 46.0 Å². The number of carbonyl (C=O) groups is 1. The molecule has 1 saturated heterocycles. The van der Waals surface area contributed by atoms with Crippen LogP contribution in [0, 0.1) is 13.8 Å². The van der Waals surface area contributed by atoms with Gasteiger partial charge in [0.1, 0.15) is 0 Å². The second kappa shape index (κ2) is 8.15. The van der Waals surface area contributed by atoms with E-state index in [0.717, 1.165) is 22.4 Å². The van der Waals surface area contributed by atoms with Gasteiger partial charge in [-0.15, -0.1) is 0 Å². The minimum atomic E-state index is -0.107. The number of nitrogens with zero attached hydrogens (tertiary/aromatic N) is 1. The topological polar surface area (TPSA) is 38.8 Å². The molecule has 0 spiro atoms. The van der Waals surface area contributed by atoms with Gasteiger partial charge in [0.25, 0.3) is 5.91 Å². The first-order chi connectivity index (χ1) is 12.9. The molecule has 1 amide bonds. The molecule has 0 aromatic heterocycles. The average molecular weight is 400 g/mol. The highest BCUT2D eigenvalue weighted by molar-refractivity contribution is 8.27. The van der Waals surface area contributed by atoms with Crippen LogP contribution in [0.3, 0.4) is 0 Å². The van der Waals surface area contributed by atoms with Gasteiger partial charge in [-0.3, -0.25) is 9.69 Å². The Labute approximate surface area is 169 Å². The molecule has 3 rings (SSSR count). The van der Waals surface area contributed by atoms with E-state index in [4.69, 9.17) is 21.7 Å². The van der Waals surface area contributed by atoms with Crippen molar-refractivity contribution in [1.82, 2.24) is 0 Å². The zero-order valence-electron chi connectivity index (χ0n) is 15.7. The molecule has 1 fully saturated rings. The lowest BCUT2D eigenvalue weighted by molar-refractivity contribution is -0.113. The van der Waals surface area contributed by atoms with Crippen molar-refractivity contribution in [3.8, 4) is 11.5 Å². The Morgan fingerprint density at radius 2 is 1.93 bits per heavy atom. The van der Waals surface area contributed by atoms with Crippen LogP contribution in [0.25, 0.3) is 6.08 Å². The van der Waals surface area contributed by atoms with Crippen LogP contribution in [0.5, 0.6) is 11.5 Å². The van der Waals surface area contributed by atoms with Crippen LogP contribution in [0.1, 0.15) is 23.6 Å². The molecule has 27 heavy (non-hydrogen) atoms. The molecular formula is C21H21NO3S2. The van der Waals surface area contributed by atoms with Crippen LogP contribution < -0.4 is 14.4 Å². The first kappa shape index (κ1) is 19.5. The molecule has 2 aromatic rings. The van der Waals surface area contributed by atoms with Crippen molar-refractivity contribution < 1.29 is 14.3 Å². The number of benzene rings is 2. The fourth-order valence-corrected chi connectivity index (χ4v) is 4.22. The highest BCUT2D eigenvalue weighted by Gasteiger charge is 2.34. The molecule has 0 bridgehead atoms. The summed E-state index contributed by atoms with van der Waals surface area (Å²) in [7, 11) is 1.60. The quantitative estimate of drug-likeness (QED) is 0.516. The van der Waals surface area contributed by atoms with Gasteiger partial charge in [-0.1, -0.05) is 47.7 Å². The first-order valence-electron chi connectivity index (χ1n) is 8.60. The van der Waals surface area contributed by atoms with E-state index in [2.05, 4.69) is 6.07 Å². The molecule has 0 N–H and O–H groups in total. The van der Waals surface area contributed by atoms with E-state index < -0.39 is 0 Å². The van der Waals surface area contributed by atoms with Gasteiger partial charge in [-0.2, -0.15) is 0 Å². The van der Waals surface area contributed by atoms with Crippen LogP contribution in [0.2, 0.25) is 0 Å². The number of thioether (sulfide) groups is 1. The second-order valence-electron chi connectivity index (χ2n) is 6.15. The zero-order chi connectivity index (χ0) is 19.6. The number of thiocarbonyl (C=S) groups is 1. The monoisotopic (exact) mass is 399 g/mol. The van der Waals surface area contributed by atoms with Crippen LogP contribution in [-0.4, -0.2) is 23.9 Å². The number of rotatable bonds is 5. The highest BCUT2D eigenvalue weighted by Crippen LogP contribution is 2.38. The first-order valence-corrected chi connectivity index (χ1v) is 9.83. The largest absolute Gasteiger partial charge is 0.493 e. The molecule has 1 aliphatic rings. The van der Waals surface area contributed by atoms with E-state index in [1.165, 1.54) is 11.8 Å². The van der Waals surface area contributed by atoms with E-state index >= 15 is 0 Å². The Kier molecular flexibility index (Phi) is 5.87. The Balaban J connectivity index is 1.92. The van der Waals surface area contributed by atoms with Gasteiger partial charge in [0.15, 0.2) is 15.8 Å². The van der Waals surface area contributed by atoms with Gasteiger partial charge in [-0.05, 0) is 56.2 Å². The molecule has 1 heterocycles. The molecule has 0 saturated carbocycles. The summed E-state index contributed by atoms with van der Waals surface area (Å²) in [5.41, 5.74) is 3.86. The molecule has 0 aliphatic carbocycles. The minimum absolute atomic E-state index is 0.107. The highest BCUT2D eigenvalue weighted by atomic mass is 32.2. The number of hydrogen-bond acceptors (Lipinski definition) is 5. The number of methoxy groups -OCH3 is 1. The normalized spacial score (nSPS) is 15.6. The lowest BCUT2D eigenvalue weighted by Gasteiger charge is -2.17. The van der Waals surface area contributed by atoms with E-state index in [0.29, 0.717) is 27.3 Å². The van der Waals surface area contributed by atoms with E-state index in [-0.39, 0.29) is 5.91 Å². The Morgan fingerprint density at radius 3 is 2.59 bits per heavy atom. The SMILES string of the molecule is CCOc1ccc(C=C2SC(=S)N(c3ccc(C)cc3C)C2=O)cc1OC. The maximum atomic E-state index is 13.0. The molecule has 2 aromatic carbocycles. The molecule has 1 aliphatic heterocycles. The van der Waals surface area contributed by atoms with Gasteiger partial charge < -0.3 is 9.47 Å². The maximum absolute atomic E-state index is 13.0. The summed E-state index contributed by atoms with van der Waals surface area (Å²) in [5.74, 6) is 1.21. The number of ether oxygens (including phenoxy) is 2. The van der Waals surface area contributed by atoms with E-state index in [1.807, 2.05) is 57.2 Å². The summed E-state index contributed by atoms with van der Waals surface area (Å²) < 4.78 is 11.5. The molecule has 0 radical (unpaired) electrons. The molecule has 0 atom stereocenters. The zero-order valence-corrected chi connectivity index (χ0v) is 17.4. The summed E-state index contributed by atoms with van der Waals surface area (Å²) in [6.45, 7) is 6.50. The van der Waals surface area contributed by atoms with Crippen LogP contribution >= 0.6 is 24.0 Å². The Bertz CT molecular complexity index is 937. The summed E-state index contributed by atoms with van der Waals surface area (Å²) >= 11 is 6.78. The third-order valence-corrected chi connectivity index (χ3v) is 5.47. The lowest BCUT2D eigenvalue weighted by Crippen LogP contribution is -2.28. The van der Waals surface area contributed by atoms with E-state index in [9.17, 15) is 4.79 Å². The lowest BCUT2D eigenvalue weighted by atomic mass is 10.1. The van der Waals surface area contributed by atoms with Gasteiger partial charge in [0, 0.05) is 0 Å². The Morgan fingerprint density at radius 1 is 1.15 bits per heavy atom. The fourth-order valence-electron chi connectivity index (χ4n) is 2.93. The van der Waals surface area contributed by atoms with Crippen LogP contribution in [-0.2, 0) is 4.79 Å². The Hall–Kier alpha value is -2.31. The number of carbonyl (C=O) groups excluding carboxylic acids is 1. The molecule has 6 heteroatoms. The van der Waals surface area contributed by atoms with Crippen molar-refractivity contribution in [2.45, 2.75) is 20.8 Å². The van der Waals surface area contributed by atoms with Crippen LogP contribution in [0.15, 0.2) is 41.3 Å². The predicted molar refractivity (Wildman–Crippen MR) is 116 cm³/mol. The predicted octanol–water partition coefficient (Wildman–Crippen LogP) is 5.12. The van der Waals surface area contributed by atoms with Crippen molar-refractivity contribution in [1.29, 1.82) is 0 Å². The molecular weight excluding hydrogens is 378 g/mol. The third kappa shape index (κ3) is 4.01. The summed E-state index contributed by atoms with van der Waals surface area (Å²) in [6.07, 6.45) is 1.83. The van der Waals surface area contributed by atoms with Crippen molar-refractivity contribution in [3.63, 3.8) is 0 Å². The summed E-state index contributed by atoms with van der Waals surface area (Å²) in [5, 5.41) is 0. The van der Waals surface area contributed by atoms with Gasteiger partial charge in [-0.25, -0.2) is 0 Å². The van der Waals surface area contributed by atoms with Crippen molar-refractivity contribution in [2.75, 3.05) is 18.6 Å². The smallest absolute Gasteiger partial charge is 0.270 e. The fraction of sp³-hybridized carbons (Fsp3) is 0.238. The van der Waals surface area contributed by atoms with Crippen molar-refractivity contribution in [2.24, 2.45) is 0 Å². The minimum Gasteiger partial charge on any atom is -0.493 e. The number of hydrogen-bond donors (Lipinski definition) is 0.